The molecule has 0 N–H and O–H groups in total. The van der Waals surface area contributed by atoms with Crippen molar-refractivity contribution in [1.82, 2.24) is 0 Å². The molecule has 0 amide bonds. The highest BCUT2D eigenvalue weighted by Crippen LogP contribution is 2.37. The fourth-order valence-electron chi connectivity index (χ4n) is 5.81. The first-order valence-corrected chi connectivity index (χ1v) is 16.9. The van der Waals surface area contributed by atoms with Gasteiger partial charge in [0.25, 0.3) is 0 Å². The summed E-state index contributed by atoms with van der Waals surface area (Å²) in [6, 6.07) is 47.9. The van der Waals surface area contributed by atoms with E-state index in [0.717, 1.165) is 59.5 Å². The van der Waals surface area contributed by atoms with Crippen LogP contribution >= 0.6 is 0 Å². The third-order valence-corrected chi connectivity index (χ3v) is 8.57. The Labute approximate surface area is 294 Å². The molecule has 6 aromatic rings. The lowest BCUT2D eigenvalue weighted by Crippen LogP contribution is -2.19. The van der Waals surface area contributed by atoms with E-state index in [9.17, 15) is 9.59 Å². The number of hydrogen-bond donors (Lipinski definition) is 0. The summed E-state index contributed by atoms with van der Waals surface area (Å²) in [6.45, 7) is 6.15. The molecule has 50 heavy (non-hydrogen) atoms. The second kappa shape index (κ2) is 15.8. The lowest BCUT2D eigenvalue weighted by atomic mass is 10.1. The molecule has 6 rings (SSSR count). The van der Waals surface area contributed by atoms with Crippen molar-refractivity contribution in [2.75, 3.05) is 9.80 Å². The van der Waals surface area contributed by atoms with Crippen molar-refractivity contribution in [1.29, 1.82) is 0 Å². The van der Waals surface area contributed by atoms with E-state index < -0.39 is 6.29 Å². The van der Waals surface area contributed by atoms with Crippen LogP contribution < -0.4 is 19.3 Å². The Bertz CT molecular complexity index is 1840. The van der Waals surface area contributed by atoms with Crippen molar-refractivity contribution in [2.24, 2.45) is 0 Å². The van der Waals surface area contributed by atoms with Crippen molar-refractivity contribution in [3.63, 3.8) is 0 Å². The van der Waals surface area contributed by atoms with E-state index in [0.29, 0.717) is 22.6 Å². The van der Waals surface area contributed by atoms with E-state index in [1.165, 1.54) is 11.1 Å². The number of aldehydes is 2. The van der Waals surface area contributed by atoms with Gasteiger partial charge in [0.15, 0.2) is 0 Å². The summed E-state index contributed by atoms with van der Waals surface area (Å²) in [5.74, 6) is 1.35. The van der Waals surface area contributed by atoms with E-state index >= 15 is 0 Å². The van der Waals surface area contributed by atoms with Gasteiger partial charge in [0.1, 0.15) is 24.1 Å². The second-order valence-corrected chi connectivity index (χ2v) is 11.9. The quantitative estimate of drug-likeness (QED) is 0.0856. The molecule has 6 heteroatoms. The van der Waals surface area contributed by atoms with E-state index in [1.807, 2.05) is 104 Å². The standard InChI is InChI=1S/C44H40N2O4/c1-4-33-6-14-37(15-7-33)45(39-18-10-35(30-47)11-19-39)41-22-26-43(27-23-41)49-32(3)50-44-28-24-42(25-29-44)46(38-16-8-34(5-2)9-17-38)40-20-12-36(31-48)13-21-40/h6-32H,4-5H2,1-3H3. The van der Waals surface area contributed by atoms with Gasteiger partial charge in [0, 0.05) is 52.2 Å². The van der Waals surface area contributed by atoms with Crippen molar-refractivity contribution < 1.29 is 19.1 Å². The maximum atomic E-state index is 11.3. The first kappa shape index (κ1) is 33.7. The predicted octanol–water partition coefficient (Wildman–Crippen LogP) is 11.2. The van der Waals surface area contributed by atoms with Crippen LogP contribution in [-0.4, -0.2) is 18.9 Å². The van der Waals surface area contributed by atoms with Crippen molar-refractivity contribution in [3.8, 4) is 11.5 Å². The molecule has 0 aliphatic rings. The maximum Gasteiger partial charge on any atom is 0.238 e. The Kier molecular flexibility index (Phi) is 10.7. The van der Waals surface area contributed by atoms with Gasteiger partial charge in [-0.15, -0.1) is 0 Å². The average Bonchev–Trinajstić information content (AvgIpc) is 3.17. The summed E-state index contributed by atoms with van der Waals surface area (Å²) < 4.78 is 12.3. The van der Waals surface area contributed by atoms with E-state index in [4.69, 9.17) is 9.47 Å². The lowest BCUT2D eigenvalue weighted by molar-refractivity contribution is 0.0223. The van der Waals surface area contributed by atoms with Crippen molar-refractivity contribution >= 4 is 46.7 Å². The lowest BCUT2D eigenvalue weighted by Gasteiger charge is -2.26. The summed E-state index contributed by atoms with van der Waals surface area (Å²) in [5, 5.41) is 0. The molecule has 0 radical (unpaired) electrons. The SMILES string of the molecule is CCc1ccc(N(c2ccc(C=O)cc2)c2ccc(OC(C)Oc3ccc(N(c4ccc(C=O)cc4)c4ccc(CC)cc4)cc3)cc2)cc1. The second-order valence-electron chi connectivity index (χ2n) is 11.9. The van der Waals surface area contributed by atoms with Crippen molar-refractivity contribution in [2.45, 2.75) is 39.9 Å². The molecular formula is C44H40N2O4. The smallest absolute Gasteiger partial charge is 0.238 e. The van der Waals surface area contributed by atoms with E-state index in [2.05, 4.69) is 72.2 Å². The van der Waals surface area contributed by atoms with Gasteiger partial charge in [-0.3, -0.25) is 9.59 Å². The van der Waals surface area contributed by atoms with Crippen LogP contribution in [0.2, 0.25) is 0 Å². The first-order chi connectivity index (χ1) is 24.5. The fraction of sp³-hybridized carbons (Fsp3) is 0.136. The number of nitrogens with zero attached hydrogens (tertiary/aromatic N) is 2. The molecule has 0 unspecified atom stereocenters. The molecule has 250 valence electrons. The number of benzene rings is 6. The zero-order valence-corrected chi connectivity index (χ0v) is 28.5. The van der Waals surface area contributed by atoms with Crippen LogP contribution in [0.1, 0.15) is 52.6 Å². The summed E-state index contributed by atoms with van der Waals surface area (Å²) in [4.78, 5) is 26.9. The van der Waals surface area contributed by atoms with Crippen LogP contribution in [0.4, 0.5) is 34.1 Å². The molecule has 0 spiro atoms. The number of anilines is 6. The third-order valence-electron chi connectivity index (χ3n) is 8.57. The largest absolute Gasteiger partial charge is 0.455 e. The Hall–Kier alpha value is -6.14. The summed E-state index contributed by atoms with van der Waals surface area (Å²) >= 11 is 0. The molecule has 0 fully saturated rings. The summed E-state index contributed by atoms with van der Waals surface area (Å²) in [5.41, 5.74) is 9.64. The maximum absolute atomic E-state index is 11.3. The van der Waals surface area contributed by atoms with E-state index in [-0.39, 0.29) is 0 Å². The molecule has 6 nitrogen and oxygen atoms in total. The normalized spacial score (nSPS) is 10.8. The van der Waals surface area contributed by atoms with Crippen LogP contribution in [-0.2, 0) is 12.8 Å². The van der Waals surface area contributed by atoms with Gasteiger partial charge in [-0.25, -0.2) is 0 Å². The van der Waals surface area contributed by atoms with Gasteiger partial charge < -0.3 is 19.3 Å². The molecule has 0 saturated heterocycles. The number of aryl methyl sites for hydroxylation is 2. The predicted molar refractivity (Wildman–Crippen MR) is 202 cm³/mol. The molecule has 0 aliphatic carbocycles. The monoisotopic (exact) mass is 660 g/mol. The Morgan fingerprint density at radius 1 is 0.440 bits per heavy atom. The molecule has 0 heterocycles. The van der Waals surface area contributed by atoms with Gasteiger partial charge in [0.2, 0.25) is 6.29 Å². The zero-order valence-electron chi connectivity index (χ0n) is 28.5. The number of ether oxygens (including phenoxy) is 2. The van der Waals surface area contributed by atoms with Crippen LogP contribution in [0.25, 0.3) is 0 Å². The summed E-state index contributed by atoms with van der Waals surface area (Å²) in [7, 11) is 0. The first-order valence-electron chi connectivity index (χ1n) is 16.9. The molecule has 6 aromatic carbocycles. The van der Waals surface area contributed by atoms with Crippen LogP contribution in [0.15, 0.2) is 146 Å². The minimum absolute atomic E-state index is 0.547. The highest BCUT2D eigenvalue weighted by molar-refractivity contribution is 5.81. The Balaban J connectivity index is 1.17. The van der Waals surface area contributed by atoms with Crippen LogP contribution in [0, 0.1) is 0 Å². The molecule has 0 saturated carbocycles. The zero-order chi connectivity index (χ0) is 34.9. The highest BCUT2D eigenvalue weighted by Gasteiger charge is 2.16. The van der Waals surface area contributed by atoms with Gasteiger partial charge in [-0.1, -0.05) is 38.1 Å². The van der Waals surface area contributed by atoms with Crippen molar-refractivity contribution in [3.05, 3.63) is 168 Å². The molecular weight excluding hydrogens is 620 g/mol. The third kappa shape index (κ3) is 7.93. The fourth-order valence-corrected chi connectivity index (χ4v) is 5.81. The van der Waals surface area contributed by atoms with Gasteiger partial charge in [-0.2, -0.15) is 0 Å². The highest BCUT2D eigenvalue weighted by atomic mass is 16.7. The molecule has 0 aromatic heterocycles. The topological polar surface area (TPSA) is 59.1 Å². The van der Waals surface area contributed by atoms with Gasteiger partial charge in [-0.05, 0) is 145 Å². The molecule has 0 aliphatic heterocycles. The minimum atomic E-state index is -0.547. The van der Waals surface area contributed by atoms with Crippen LogP contribution in [0.3, 0.4) is 0 Å². The molecule has 0 atom stereocenters. The minimum Gasteiger partial charge on any atom is -0.455 e. The molecule has 0 bridgehead atoms. The number of rotatable bonds is 14. The average molecular weight is 661 g/mol. The summed E-state index contributed by atoms with van der Waals surface area (Å²) in [6.07, 6.45) is 3.09. The number of carbonyl (C=O) groups is 2. The van der Waals surface area contributed by atoms with Gasteiger partial charge >= 0.3 is 0 Å². The van der Waals surface area contributed by atoms with Gasteiger partial charge in [0.05, 0.1) is 0 Å². The Morgan fingerprint density at radius 3 is 0.960 bits per heavy atom. The van der Waals surface area contributed by atoms with E-state index in [1.54, 1.807) is 0 Å². The number of hydrogen-bond acceptors (Lipinski definition) is 6. The Morgan fingerprint density at radius 2 is 0.700 bits per heavy atom. The van der Waals surface area contributed by atoms with Crippen LogP contribution in [0.5, 0.6) is 11.5 Å². The number of carbonyl (C=O) groups excluding carboxylic acids is 2.